The largest absolute Gasteiger partial charge is 0.455 e. The van der Waals surface area contributed by atoms with Gasteiger partial charge in [0.2, 0.25) is 10.0 Å². The second-order valence-electron chi connectivity index (χ2n) is 5.15. The Morgan fingerprint density at radius 2 is 1.74 bits per heavy atom. The first kappa shape index (κ1) is 20.9. The van der Waals surface area contributed by atoms with Crippen molar-refractivity contribution in [2.75, 3.05) is 18.5 Å². The van der Waals surface area contributed by atoms with Crippen LogP contribution in [-0.2, 0) is 24.3 Å². The Morgan fingerprint density at radius 3 is 2.37 bits per heavy atom. The molecule has 0 saturated heterocycles. The molecule has 27 heavy (non-hydrogen) atoms. The molecule has 0 atom stereocenters. The van der Waals surface area contributed by atoms with Crippen LogP contribution in [0.4, 0.5) is 14.5 Å². The zero-order chi connectivity index (χ0) is 20.0. The Hall–Kier alpha value is -2.37. The predicted molar refractivity (Wildman–Crippen MR) is 95.3 cm³/mol. The van der Waals surface area contributed by atoms with Crippen LogP contribution in [0, 0.1) is 11.6 Å². The number of carbonyl (C=O) groups is 2. The molecule has 0 spiro atoms. The number of hydrogen-bond acceptors (Lipinski definition) is 5. The summed E-state index contributed by atoms with van der Waals surface area (Å²) in [7, 11) is -3.94. The number of esters is 1. The predicted octanol–water partition coefficient (Wildman–Crippen LogP) is 2.19. The number of nitrogens with one attached hydrogen (secondary N) is 2. The van der Waals surface area contributed by atoms with Crippen LogP contribution in [0.5, 0.6) is 0 Å². The third-order valence-corrected chi connectivity index (χ3v) is 4.92. The lowest BCUT2D eigenvalue weighted by Crippen LogP contribution is -2.32. The van der Waals surface area contributed by atoms with E-state index in [1.54, 1.807) is 6.07 Å². The van der Waals surface area contributed by atoms with Crippen LogP contribution >= 0.6 is 15.9 Å². The third kappa shape index (κ3) is 6.70. The number of amides is 1. The summed E-state index contributed by atoms with van der Waals surface area (Å²) < 4.78 is 57.3. The van der Waals surface area contributed by atoms with Gasteiger partial charge in [0.25, 0.3) is 5.91 Å². The fourth-order valence-electron chi connectivity index (χ4n) is 1.89. The van der Waals surface area contributed by atoms with Gasteiger partial charge in [-0.3, -0.25) is 9.59 Å². The Labute approximate surface area is 161 Å². The Balaban J connectivity index is 1.82. The zero-order valence-corrected chi connectivity index (χ0v) is 15.9. The number of sulfonamides is 1. The number of hydrogen-bond donors (Lipinski definition) is 2. The fourth-order valence-corrected chi connectivity index (χ4v) is 3.46. The first-order chi connectivity index (χ1) is 12.7. The molecule has 11 heteroatoms. The van der Waals surface area contributed by atoms with Crippen molar-refractivity contribution in [3.63, 3.8) is 0 Å². The van der Waals surface area contributed by atoms with Crippen molar-refractivity contribution in [3.8, 4) is 0 Å². The van der Waals surface area contributed by atoms with Crippen LogP contribution in [0.25, 0.3) is 0 Å². The van der Waals surface area contributed by atoms with Crippen LogP contribution in [0.15, 0.2) is 51.8 Å². The summed E-state index contributed by atoms with van der Waals surface area (Å²) in [5, 5.41) is 2.14. The third-order valence-electron chi connectivity index (χ3n) is 3.02. The van der Waals surface area contributed by atoms with Crippen molar-refractivity contribution < 1.29 is 31.5 Å². The van der Waals surface area contributed by atoms with Gasteiger partial charge in [0.15, 0.2) is 6.61 Å². The highest BCUT2D eigenvalue weighted by Gasteiger charge is 2.17. The van der Waals surface area contributed by atoms with Crippen molar-refractivity contribution in [2.45, 2.75) is 4.90 Å². The molecule has 1 amide bonds. The lowest BCUT2D eigenvalue weighted by molar-refractivity contribution is -0.146. The van der Waals surface area contributed by atoms with E-state index in [0.717, 1.165) is 12.1 Å². The summed E-state index contributed by atoms with van der Waals surface area (Å²) in [6, 6.07) is 8.23. The Kier molecular flexibility index (Phi) is 6.99. The molecule has 0 radical (unpaired) electrons. The van der Waals surface area contributed by atoms with Gasteiger partial charge in [-0.05, 0) is 30.3 Å². The maximum atomic E-state index is 13.0. The highest BCUT2D eigenvalue weighted by molar-refractivity contribution is 9.10. The molecule has 0 aliphatic rings. The van der Waals surface area contributed by atoms with Crippen LogP contribution in [0.2, 0.25) is 0 Å². The van der Waals surface area contributed by atoms with E-state index in [2.05, 4.69) is 26.0 Å². The van der Waals surface area contributed by atoms with Crippen molar-refractivity contribution in [1.82, 2.24) is 4.72 Å². The molecule has 2 rings (SSSR count). The quantitative estimate of drug-likeness (QED) is 0.614. The molecule has 0 fully saturated rings. The maximum absolute atomic E-state index is 13.0. The number of rotatable bonds is 7. The summed E-state index contributed by atoms with van der Waals surface area (Å²) in [6.07, 6.45) is 0. The molecule has 0 aliphatic heterocycles. The number of halogens is 3. The van der Waals surface area contributed by atoms with E-state index >= 15 is 0 Å². The molecule has 0 unspecified atom stereocenters. The highest BCUT2D eigenvalue weighted by atomic mass is 79.9. The normalized spacial score (nSPS) is 11.1. The van der Waals surface area contributed by atoms with Gasteiger partial charge < -0.3 is 10.1 Å². The van der Waals surface area contributed by atoms with Crippen LogP contribution in [0.1, 0.15) is 0 Å². The molecule has 0 heterocycles. The van der Waals surface area contributed by atoms with Crippen LogP contribution in [0.3, 0.4) is 0 Å². The molecule has 0 bridgehead atoms. The van der Waals surface area contributed by atoms with Crippen molar-refractivity contribution in [3.05, 3.63) is 58.6 Å². The highest BCUT2D eigenvalue weighted by Crippen LogP contribution is 2.15. The SMILES string of the molecule is O=C(COC(=O)CNS(=O)(=O)c1cccc(Br)c1)Nc1cc(F)cc(F)c1. The van der Waals surface area contributed by atoms with Crippen molar-refractivity contribution >= 4 is 43.5 Å². The molecule has 0 aromatic heterocycles. The topological polar surface area (TPSA) is 102 Å². The number of benzene rings is 2. The van der Waals surface area contributed by atoms with Gasteiger partial charge in [0, 0.05) is 16.2 Å². The molecular weight excluding hydrogens is 450 g/mol. The number of anilines is 1. The lowest BCUT2D eigenvalue weighted by Gasteiger charge is -2.08. The van der Waals surface area contributed by atoms with E-state index < -0.39 is 46.7 Å². The van der Waals surface area contributed by atoms with Gasteiger partial charge >= 0.3 is 5.97 Å². The van der Waals surface area contributed by atoms with Gasteiger partial charge in [-0.15, -0.1) is 0 Å². The van der Waals surface area contributed by atoms with Crippen molar-refractivity contribution in [1.29, 1.82) is 0 Å². The molecular formula is C16H13BrF2N2O5S. The first-order valence-corrected chi connectivity index (χ1v) is 9.60. The number of carbonyl (C=O) groups excluding carboxylic acids is 2. The molecule has 0 aliphatic carbocycles. The Bertz CT molecular complexity index is 949. The summed E-state index contributed by atoms with van der Waals surface area (Å²) >= 11 is 3.14. The van der Waals surface area contributed by atoms with Gasteiger partial charge in [0.1, 0.15) is 18.2 Å². The van der Waals surface area contributed by atoms with Crippen LogP contribution < -0.4 is 10.0 Å². The summed E-state index contributed by atoms with van der Waals surface area (Å²) in [4.78, 5) is 23.2. The average Bonchev–Trinajstić information content (AvgIpc) is 2.57. The number of ether oxygens (including phenoxy) is 1. The summed E-state index contributed by atoms with van der Waals surface area (Å²) in [5.41, 5.74) is -0.149. The van der Waals surface area contributed by atoms with Crippen LogP contribution in [-0.4, -0.2) is 33.4 Å². The van der Waals surface area contributed by atoms with Gasteiger partial charge in [-0.25, -0.2) is 17.2 Å². The van der Waals surface area contributed by atoms with E-state index in [0.29, 0.717) is 10.5 Å². The lowest BCUT2D eigenvalue weighted by atomic mass is 10.3. The second kappa shape index (κ2) is 9.02. The van der Waals surface area contributed by atoms with Gasteiger partial charge in [0.05, 0.1) is 4.90 Å². The van der Waals surface area contributed by atoms with Gasteiger partial charge in [-0.2, -0.15) is 4.72 Å². The fraction of sp³-hybridized carbons (Fsp3) is 0.125. The van der Waals surface area contributed by atoms with Crippen molar-refractivity contribution in [2.24, 2.45) is 0 Å². The second-order valence-corrected chi connectivity index (χ2v) is 7.83. The molecule has 2 aromatic carbocycles. The average molecular weight is 463 g/mol. The van der Waals surface area contributed by atoms with E-state index in [1.807, 2.05) is 4.72 Å². The van der Waals surface area contributed by atoms with E-state index in [9.17, 15) is 26.8 Å². The van der Waals surface area contributed by atoms with E-state index in [4.69, 9.17) is 0 Å². The van der Waals surface area contributed by atoms with Gasteiger partial charge in [-0.1, -0.05) is 22.0 Å². The molecule has 0 saturated carbocycles. The molecule has 2 aromatic rings. The van der Waals surface area contributed by atoms with E-state index in [1.165, 1.54) is 18.2 Å². The molecule has 2 N–H and O–H groups in total. The summed E-state index contributed by atoms with van der Waals surface area (Å²) in [5.74, 6) is -3.62. The minimum atomic E-state index is -3.94. The van der Waals surface area contributed by atoms with E-state index in [-0.39, 0.29) is 10.6 Å². The minimum absolute atomic E-state index is 0.0597. The molecule has 144 valence electrons. The standard InChI is InChI=1S/C16H13BrF2N2O5S/c17-10-2-1-3-14(4-10)27(24,25)20-8-16(23)26-9-15(22)21-13-6-11(18)5-12(19)7-13/h1-7,20H,8-9H2,(H,21,22). The molecule has 7 nitrogen and oxygen atoms in total. The smallest absolute Gasteiger partial charge is 0.321 e. The first-order valence-electron chi connectivity index (χ1n) is 7.32. The Morgan fingerprint density at radius 1 is 1.07 bits per heavy atom. The monoisotopic (exact) mass is 462 g/mol. The summed E-state index contributed by atoms with van der Waals surface area (Å²) in [6.45, 7) is -1.45. The maximum Gasteiger partial charge on any atom is 0.321 e. The zero-order valence-electron chi connectivity index (χ0n) is 13.5. The minimum Gasteiger partial charge on any atom is -0.455 e.